The van der Waals surface area contributed by atoms with Gasteiger partial charge in [-0.1, -0.05) is 18.2 Å². The van der Waals surface area contributed by atoms with Gasteiger partial charge < -0.3 is 10.2 Å². The summed E-state index contributed by atoms with van der Waals surface area (Å²) in [5.41, 5.74) is 1.68. The molecule has 0 radical (unpaired) electrons. The minimum Gasteiger partial charge on any atom is -0.344 e. The van der Waals surface area contributed by atoms with Crippen molar-refractivity contribution in [2.24, 2.45) is 0 Å². The molecule has 5 heteroatoms. The fourth-order valence-electron chi connectivity index (χ4n) is 1.95. The van der Waals surface area contributed by atoms with Crippen molar-refractivity contribution in [1.29, 1.82) is 0 Å². The maximum absolute atomic E-state index is 12.0. The van der Waals surface area contributed by atoms with Gasteiger partial charge in [0.1, 0.15) is 0 Å². The minimum absolute atomic E-state index is 0.000568. The second kappa shape index (κ2) is 7.93. The molecular formula is C17H19N3O2. The van der Waals surface area contributed by atoms with Crippen molar-refractivity contribution >= 4 is 11.8 Å². The van der Waals surface area contributed by atoms with E-state index in [0.29, 0.717) is 12.1 Å². The third-order valence-corrected chi connectivity index (χ3v) is 3.35. The number of aromatic nitrogens is 1. The van der Waals surface area contributed by atoms with Gasteiger partial charge in [-0.3, -0.25) is 14.6 Å². The molecule has 0 saturated carbocycles. The molecule has 0 atom stereocenters. The Bertz CT molecular complexity index is 614. The van der Waals surface area contributed by atoms with Crippen LogP contribution in [0.1, 0.15) is 15.9 Å². The summed E-state index contributed by atoms with van der Waals surface area (Å²) in [6.45, 7) is 0.602. The molecule has 0 aliphatic heterocycles. The van der Waals surface area contributed by atoms with Crippen LogP contribution >= 0.6 is 0 Å². The molecule has 1 N–H and O–H groups in total. The van der Waals surface area contributed by atoms with Gasteiger partial charge in [-0.2, -0.15) is 0 Å². The van der Waals surface area contributed by atoms with Gasteiger partial charge in [0.15, 0.2) is 0 Å². The number of pyridine rings is 1. The van der Waals surface area contributed by atoms with E-state index in [-0.39, 0.29) is 18.4 Å². The van der Waals surface area contributed by atoms with E-state index in [1.54, 1.807) is 48.6 Å². The van der Waals surface area contributed by atoms with Crippen molar-refractivity contribution in [2.75, 3.05) is 20.1 Å². The summed E-state index contributed by atoms with van der Waals surface area (Å²) in [5.74, 6) is -0.352. The van der Waals surface area contributed by atoms with Crippen LogP contribution in [0, 0.1) is 0 Å². The van der Waals surface area contributed by atoms with Gasteiger partial charge >= 0.3 is 0 Å². The molecule has 2 rings (SSSR count). The number of likely N-dealkylation sites (N-methyl/N-ethyl adjacent to an activating group) is 1. The highest BCUT2D eigenvalue weighted by atomic mass is 16.2. The number of benzene rings is 1. The van der Waals surface area contributed by atoms with Crippen LogP contribution in [-0.4, -0.2) is 41.8 Å². The molecule has 1 aromatic heterocycles. The number of amides is 2. The predicted molar refractivity (Wildman–Crippen MR) is 84.4 cm³/mol. The van der Waals surface area contributed by atoms with Crippen LogP contribution in [0.5, 0.6) is 0 Å². The summed E-state index contributed by atoms with van der Waals surface area (Å²) in [7, 11) is 1.73. The first kappa shape index (κ1) is 15.7. The standard InChI is InChI=1S/C17H19N3O2/c1-20(12-9-14-7-10-18-11-8-14)16(21)13-19-17(22)15-5-3-2-4-6-15/h2-8,10-11H,9,12-13H2,1H3,(H,19,22). The summed E-state index contributed by atoms with van der Waals surface area (Å²) in [6, 6.07) is 12.7. The van der Waals surface area contributed by atoms with E-state index in [1.165, 1.54) is 0 Å². The minimum atomic E-state index is -0.239. The van der Waals surface area contributed by atoms with Gasteiger partial charge in [-0.05, 0) is 36.2 Å². The molecule has 114 valence electrons. The number of hydrogen-bond acceptors (Lipinski definition) is 3. The average molecular weight is 297 g/mol. The lowest BCUT2D eigenvalue weighted by Gasteiger charge is -2.17. The van der Waals surface area contributed by atoms with E-state index in [1.807, 2.05) is 18.2 Å². The maximum Gasteiger partial charge on any atom is 0.251 e. The van der Waals surface area contributed by atoms with Crippen LogP contribution < -0.4 is 5.32 Å². The zero-order valence-corrected chi connectivity index (χ0v) is 12.5. The van der Waals surface area contributed by atoms with Crippen molar-refractivity contribution in [1.82, 2.24) is 15.2 Å². The number of carbonyl (C=O) groups excluding carboxylic acids is 2. The third-order valence-electron chi connectivity index (χ3n) is 3.35. The van der Waals surface area contributed by atoms with Gasteiger partial charge in [0, 0.05) is 31.5 Å². The zero-order valence-electron chi connectivity index (χ0n) is 12.5. The molecule has 0 aliphatic rings. The molecule has 0 bridgehead atoms. The quantitative estimate of drug-likeness (QED) is 0.879. The van der Waals surface area contributed by atoms with Crippen LogP contribution in [0.15, 0.2) is 54.9 Å². The Hall–Kier alpha value is -2.69. The molecular weight excluding hydrogens is 278 g/mol. The highest BCUT2D eigenvalue weighted by Gasteiger charge is 2.11. The van der Waals surface area contributed by atoms with Crippen molar-refractivity contribution in [2.45, 2.75) is 6.42 Å². The van der Waals surface area contributed by atoms with E-state index in [2.05, 4.69) is 10.3 Å². The third kappa shape index (κ3) is 4.70. The molecule has 0 spiro atoms. The average Bonchev–Trinajstić information content (AvgIpc) is 2.58. The van der Waals surface area contributed by atoms with Gasteiger partial charge in [0.25, 0.3) is 5.91 Å². The highest BCUT2D eigenvalue weighted by molar-refractivity contribution is 5.96. The second-order valence-corrected chi connectivity index (χ2v) is 4.97. The molecule has 2 aromatic rings. The van der Waals surface area contributed by atoms with Crippen molar-refractivity contribution in [3.05, 3.63) is 66.0 Å². The van der Waals surface area contributed by atoms with Gasteiger partial charge in [0.2, 0.25) is 5.91 Å². The van der Waals surface area contributed by atoms with Gasteiger partial charge in [-0.25, -0.2) is 0 Å². The topological polar surface area (TPSA) is 62.3 Å². The summed E-state index contributed by atoms with van der Waals surface area (Å²) < 4.78 is 0. The largest absolute Gasteiger partial charge is 0.344 e. The molecule has 2 amide bonds. The Morgan fingerprint density at radius 2 is 1.77 bits per heavy atom. The van der Waals surface area contributed by atoms with E-state index < -0.39 is 0 Å². The maximum atomic E-state index is 12.0. The van der Waals surface area contributed by atoms with E-state index in [4.69, 9.17) is 0 Å². The SMILES string of the molecule is CN(CCc1ccncc1)C(=O)CNC(=O)c1ccccc1. The second-order valence-electron chi connectivity index (χ2n) is 4.97. The van der Waals surface area contributed by atoms with E-state index in [0.717, 1.165) is 12.0 Å². The van der Waals surface area contributed by atoms with Crippen molar-refractivity contribution in [3.63, 3.8) is 0 Å². The Labute approximate surface area is 130 Å². The summed E-state index contributed by atoms with van der Waals surface area (Å²) in [5, 5.41) is 2.64. The Morgan fingerprint density at radius 1 is 1.09 bits per heavy atom. The van der Waals surface area contributed by atoms with Gasteiger partial charge in [0.05, 0.1) is 6.54 Å². The summed E-state index contributed by atoms with van der Waals surface area (Å²) >= 11 is 0. The lowest BCUT2D eigenvalue weighted by molar-refractivity contribution is -0.128. The van der Waals surface area contributed by atoms with Crippen LogP contribution in [0.2, 0.25) is 0 Å². The molecule has 22 heavy (non-hydrogen) atoms. The fraction of sp³-hybridized carbons (Fsp3) is 0.235. The molecule has 1 heterocycles. The Morgan fingerprint density at radius 3 is 2.45 bits per heavy atom. The van der Waals surface area contributed by atoms with E-state index in [9.17, 15) is 9.59 Å². The van der Waals surface area contributed by atoms with Crippen molar-refractivity contribution in [3.8, 4) is 0 Å². The first-order valence-corrected chi connectivity index (χ1v) is 7.13. The van der Waals surface area contributed by atoms with Crippen LogP contribution in [0.25, 0.3) is 0 Å². The Balaban J connectivity index is 1.76. The molecule has 0 fully saturated rings. The Kier molecular flexibility index (Phi) is 5.65. The first-order chi connectivity index (χ1) is 10.7. The fourth-order valence-corrected chi connectivity index (χ4v) is 1.95. The zero-order chi connectivity index (χ0) is 15.8. The van der Waals surface area contributed by atoms with Crippen LogP contribution in [0.4, 0.5) is 0 Å². The normalized spacial score (nSPS) is 10.0. The number of hydrogen-bond donors (Lipinski definition) is 1. The van der Waals surface area contributed by atoms with Gasteiger partial charge in [-0.15, -0.1) is 0 Å². The number of rotatable bonds is 6. The molecule has 5 nitrogen and oxygen atoms in total. The lowest BCUT2D eigenvalue weighted by Crippen LogP contribution is -2.39. The molecule has 0 aliphatic carbocycles. The summed E-state index contributed by atoms with van der Waals surface area (Å²) in [6.07, 6.45) is 4.23. The van der Waals surface area contributed by atoms with Crippen molar-refractivity contribution < 1.29 is 9.59 Å². The van der Waals surface area contributed by atoms with E-state index >= 15 is 0 Å². The van der Waals surface area contributed by atoms with Crippen LogP contribution in [0.3, 0.4) is 0 Å². The molecule has 1 aromatic carbocycles. The lowest BCUT2D eigenvalue weighted by atomic mass is 10.2. The molecule has 0 saturated heterocycles. The predicted octanol–water partition coefficient (Wildman–Crippen LogP) is 1.51. The highest BCUT2D eigenvalue weighted by Crippen LogP contribution is 2.00. The molecule has 0 unspecified atom stereocenters. The first-order valence-electron chi connectivity index (χ1n) is 7.13. The summed E-state index contributed by atoms with van der Waals surface area (Å²) in [4.78, 5) is 29.4. The number of nitrogens with one attached hydrogen (secondary N) is 1. The number of nitrogens with zero attached hydrogens (tertiary/aromatic N) is 2. The van der Waals surface area contributed by atoms with Crippen LogP contribution in [-0.2, 0) is 11.2 Å². The number of carbonyl (C=O) groups is 2. The monoisotopic (exact) mass is 297 g/mol. The smallest absolute Gasteiger partial charge is 0.251 e.